The van der Waals surface area contributed by atoms with E-state index in [4.69, 9.17) is 16.3 Å². The molecule has 0 saturated carbocycles. The van der Waals surface area contributed by atoms with E-state index in [0.29, 0.717) is 32.7 Å². The number of halogens is 1. The summed E-state index contributed by atoms with van der Waals surface area (Å²) < 4.78 is 6.05. The van der Waals surface area contributed by atoms with Crippen LogP contribution in [0.2, 0.25) is 5.02 Å². The highest BCUT2D eigenvalue weighted by Gasteiger charge is 2.35. The van der Waals surface area contributed by atoms with Crippen molar-refractivity contribution >= 4 is 28.3 Å². The maximum Gasteiger partial charge on any atom is 0.229 e. The molecule has 0 aliphatic carbocycles. The molecule has 2 aliphatic rings. The third-order valence-corrected chi connectivity index (χ3v) is 6.61. The Bertz CT molecular complexity index is 885. The number of ether oxygens (including phenoxy) is 1. The van der Waals surface area contributed by atoms with Crippen LogP contribution < -0.4 is 4.74 Å². The summed E-state index contributed by atoms with van der Waals surface area (Å²) in [4.78, 5) is 19.2. The van der Waals surface area contributed by atoms with Gasteiger partial charge in [0.15, 0.2) is 0 Å². The molecule has 2 heterocycles. The molecule has 2 aromatic rings. The Morgan fingerprint density at radius 3 is 2.60 bits per heavy atom. The molecule has 0 unspecified atom stereocenters. The van der Waals surface area contributed by atoms with Gasteiger partial charge in [0.1, 0.15) is 12.4 Å². The topological polar surface area (TPSA) is 56.2 Å². The molecule has 1 amide bonds. The van der Waals surface area contributed by atoms with Crippen molar-refractivity contribution in [2.75, 3.05) is 59.5 Å². The molecule has 0 aromatic heterocycles. The van der Waals surface area contributed by atoms with Crippen molar-refractivity contribution in [3.05, 3.63) is 41.4 Å². The summed E-state index contributed by atoms with van der Waals surface area (Å²) >= 11 is 6.28. The molecule has 2 fully saturated rings. The first kappa shape index (κ1) is 21.4. The maximum absolute atomic E-state index is 12.9. The molecule has 0 radical (unpaired) electrons. The molecule has 162 valence electrons. The number of likely N-dealkylation sites (tertiary alicyclic amines) is 1. The minimum atomic E-state index is -0.519. The highest BCUT2D eigenvalue weighted by molar-refractivity contribution is 6.35. The van der Waals surface area contributed by atoms with Crippen molar-refractivity contribution in [3.63, 3.8) is 0 Å². The van der Waals surface area contributed by atoms with Crippen LogP contribution in [0.1, 0.15) is 6.42 Å². The van der Waals surface area contributed by atoms with Gasteiger partial charge in [-0.25, -0.2) is 0 Å². The summed E-state index contributed by atoms with van der Waals surface area (Å²) in [7, 11) is 2.01. The molecule has 0 spiro atoms. The van der Waals surface area contributed by atoms with Crippen LogP contribution in [-0.2, 0) is 4.79 Å². The number of fused-ring (bicyclic) bond motifs is 1. The number of aliphatic hydroxyl groups is 1. The number of hydrogen-bond acceptors (Lipinski definition) is 5. The number of piperazine rings is 1. The highest BCUT2D eigenvalue weighted by atomic mass is 35.5. The molecule has 2 aromatic carbocycles. The van der Waals surface area contributed by atoms with E-state index >= 15 is 0 Å². The van der Waals surface area contributed by atoms with Crippen molar-refractivity contribution < 1.29 is 14.6 Å². The Kier molecular flexibility index (Phi) is 6.78. The predicted molar refractivity (Wildman–Crippen MR) is 119 cm³/mol. The maximum atomic E-state index is 12.9. The number of carbonyl (C=O) groups is 1. The molecule has 4 rings (SSSR count). The fourth-order valence-electron chi connectivity index (χ4n) is 4.42. The summed E-state index contributed by atoms with van der Waals surface area (Å²) in [5.41, 5.74) is 0. The van der Waals surface area contributed by atoms with Crippen LogP contribution in [0.25, 0.3) is 10.8 Å². The number of nitrogens with zero attached hydrogens (tertiary/aromatic N) is 3. The summed E-state index contributed by atoms with van der Waals surface area (Å²) in [6.07, 6.45) is 0.151. The van der Waals surface area contributed by atoms with Crippen molar-refractivity contribution in [3.8, 4) is 5.75 Å². The van der Waals surface area contributed by atoms with E-state index in [1.807, 2.05) is 48.3 Å². The SMILES string of the molecule is CN1CC[C@@H](O)[C@H](C(=O)N2CCN(CCOc3ccc(Cl)c4ccccc34)CC2)C1. The van der Waals surface area contributed by atoms with Crippen LogP contribution in [0.4, 0.5) is 0 Å². The largest absolute Gasteiger partial charge is 0.492 e. The van der Waals surface area contributed by atoms with Crippen molar-refractivity contribution in [1.82, 2.24) is 14.7 Å². The first-order valence-electron chi connectivity index (χ1n) is 10.7. The molecule has 0 bridgehead atoms. The van der Waals surface area contributed by atoms with Gasteiger partial charge in [-0.05, 0) is 25.6 Å². The van der Waals surface area contributed by atoms with E-state index < -0.39 is 6.10 Å². The van der Waals surface area contributed by atoms with E-state index in [1.165, 1.54) is 0 Å². The van der Waals surface area contributed by atoms with Gasteiger partial charge in [-0.1, -0.05) is 35.9 Å². The lowest BCUT2D eigenvalue weighted by atomic mass is 9.93. The van der Waals surface area contributed by atoms with Crippen LogP contribution in [0.5, 0.6) is 5.75 Å². The van der Waals surface area contributed by atoms with Crippen molar-refractivity contribution in [1.29, 1.82) is 0 Å². The number of aliphatic hydroxyl groups excluding tert-OH is 1. The number of carbonyl (C=O) groups excluding carboxylic acids is 1. The zero-order valence-corrected chi connectivity index (χ0v) is 18.2. The second-order valence-corrected chi connectivity index (χ2v) is 8.74. The average Bonchev–Trinajstić information content (AvgIpc) is 2.77. The van der Waals surface area contributed by atoms with Crippen LogP contribution in [0.15, 0.2) is 36.4 Å². The number of hydrogen-bond donors (Lipinski definition) is 1. The molecule has 1 N–H and O–H groups in total. The van der Waals surface area contributed by atoms with Gasteiger partial charge >= 0.3 is 0 Å². The molecule has 30 heavy (non-hydrogen) atoms. The predicted octanol–water partition coefficient (Wildman–Crippen LogP) is 2.33. The van der Waals surface area contributed by atoms with Gasteiger partial charge in [0.25, 0.3) is 0 Å². The van der Waals surface area contributed by atoms with E-state index in [2.05, 4.69) is 9.80 Å². The zero-order valence-electron chi connectivity index (χ0n) is 17.5. The minimum absolute atomic E-state index is 0.0950. The van der Waals surface area contributed by atoms with Crippen LogP contribution in [0.3, 0.4) is 0 Å². The molecule has 6 nitrogen and oxygen atoms in total. The first-order valence-corrected chi connectivity index (χ1v) is 11.1. The van der Waals surface area contributed by atoms with Crippen LogP contribution >= 0.6 is 11.6 Å². The highest BCUT2D eigenvalue weighted by Crippen LogP contribution is 2.31. The van der Waals surface area contributed by atoms with Crippen LogP contribution in [0, 0.1) is 5.92 Å². The Balaban J connectivity index is 1.26. The summed E-state index contributed by atoms with van der Waals surface area (Å²) in [5.74, 6) is 0.647. The summed E-state index contributed by atoms with van der Waals surface area (Å²) in [6, 6.07) is 11.8. The van der Waals surface area contributed by atoms with Gasteiger partial charge in [0.05, 0.1) is 12.0 Å². The number of rotatable bonds is 5. The zero-order chi connectivity index (χ0) is 21.1. The van der Waals surface area contributed by atoms with Gasteiger partial charge in [-0.3, -0.25) is 9.69 Å². The molecule has 2 saturated heterocycles. The normalized spacial score (nSPS) is 23.6. The molecule has 2 aliphatic heterocycles. The van der Waals surface area contributed by atoms with Crippen molar-refractivity contribution in [2.24, 2.45) is 5.92 Å². The second-order valence-electron chi connectivity index (χ2n) is 8.33. The second kappa shape index (κ2) is 9.52. The minimum Gasteiger partial charge on any atom is -0.492 e. The third kappa shape index (κ3) is 4.72. The monoisotopic (exact) mass is 431 g/mol. The smallest absolute Gasteiger partial charge is 0.229 e. The average molecular weight is 432 g/mol. The van der Waals surface area contributed by atoms with Gasteiger partial charge in [-0.2, -0.15) is 0 Å². The quantitative estimate of drug-likeness (QED) is 0.787. The fourth-order valence-corrected chi connectivity index (χ4v) is 4.64. The molecule has 7 heteroatoms. The van der Waals surface area contributed by atoms with Gasteiger partial charge < -0.3 is 19.6 Å². The van der Waals surface area contributed by atoms with E-state index in [9.17, 15) is 9.90 Å². The first-order chi connectivity index (χ1) is 14.5. The molecular formula is C23H30ClN3O3. The summed E-state index contributed by atoms with van der Waals surface area (Å²) in [6.45, 7) is 5.96. The van der Waals surface area contributed by atoms with Crippen LogP contribution in [-0.4, -0.2) is 91.3 Å². The lowest BCUT2D eigenvalue weighted by Gasteiger charge is -2.39. The number of amides is 1. The molecule has 2 atom stereocenters. The number of benzene rings is 2. The lowest BCUT2D eigenvalue weighted by Crippen LogP contribution is -2.55. The Morgan fingerprint density at radius 1 is 1.10 bits per heavy atom. The Hall–Kier alpha value is -1.86. The standard InChI is InChI=1S/C23H30ClN3O3/c1-25-9-8-21(28)19(16-25)23(29)27-12-10-26(11-13-27)14-15-30-22-7-6-20(24)17-4-2-3-5-18(17)22/h2-7,19,21,28H,8-16H2,1H3/t19-,21-/m1/s1. The molecular weight excluding hydrogens is 402 g/mol. The van der Waals surface area contributed by atoms with Gasteiger partial charge in [0, 0.05) is 61.6 Å². The summed E-state index contributed by atoms with van der Waals surface area (Å²) in [5, 5.41) is 13.0. The fraction of sp³-hybridized carbons (Fsp3) is 0.522. The lowest BCUT2D eigenvalue weighted by molar-refractivity contribution is -0.144. The van der Waals surface area contributed by atoms with Gasteiger partial charge in [-0.15, -0.1) is 0 Å². The van der Waals surface area contributed by atoms with E-state index in [0.717, 1.165) is 47.7 Å². The van der Waals surface area contributed by atoms with Gasteiger partial charge in [0.2, 0.25) is 5.91 Å². The van der Waals surface area contributed by atoms with E-state index in [1.54, 1.807) is 0 Å². The Morgan fingerprint density at radius 2 is 1.83 bits per heavy atom. The van der Waals surface area contributed by atoms with Crippen molar-refractivity contribution in [2.45, 2.75) is 12.5 Å². The Labute approximate surface area is 182 Å². The number of piperidine rings is 1. The van der Waals surface area contributed by atoms with E-state index in [-0.39, 0.29) is 11.8 Å². The third-order valence-electron chi connectivity index (χ3n) is 6.28.